The van der Waals surface area contributed by atoms with E-state index in [0.717, 1.165) is 70.4 Å². The minimum Gasteiger partial charge on any atom is -0.337 e. The highest BCUT2D eigenvalue weighted by Gasteiger charge is 2.38. The van der Waals surface area contributed by atoms with Gasteiger partial charge in [-0.15, -0.1) is 0 Å². The van der Waals surface area contributed by atoms with Gasteiger partial charge in [-0.2, -0.15) is 4.98 Å². The van der Waals surface area contributed by atoms with Gasteiger partial charge in [0, 0.05) is 26.2 Å². The van der Waals surface area contributed by atoms with Gasteiger partial charge in [-0.05, 0) is 44.6 Å². The molecule has 0 bridgehead atoms. The number of piperazine rings is 1. The maximum atomic E-state index is 5.63. The lowest BCUT2D eigenvalue weighted by Crippen LogP contribution is -2.45. The van der Waals surface area contributed by atoms with Gasteiger partial charge in [0.1, 0.15) is 0 Å². The van der Waals surface area contributed by atoms with Crippen LogP contribution in [0.5, 0.6) is 0 Å². The summed E-state index contributed by atoms with van der Waals surface area (Å²) in [4.78, 5) is 9.29. The molecule has 2 saturated heterocycles. The van der Waals surface area contributed by atoms with Gasteiger partial charge in [0.25, 0.3) is 5.95 Å². The van der Waals surface area contributed by atoms with E-state index in [0.29, 0.717) is 0 Å². The Hall–Kier alpha value is -1.14. The fourth-order valence-electron chi connectivity index (χ4n) is 3.19. The van der Waals surface area contributed by atoms with E-state index in [1.54, 1.807) is 0 Å². The summed E-state index contributed by atoms with van der Waals surface area (Å²) in [6, 6.07) is 0. The molecule has 2 aliphatic rings. The number of aromatic nitrogens is 2. The number of piperidine rings is 1. The minimum atomic E-state index is 0.0864. The summed E-state index contributed by atoms with van der Waals surface area (Å²) in [7, 11) is 2.15. The zero-order valence-electron chi connectivity index (χ0n) is 12.6. The second-order valence-electron chi connectivity index (χ2n) is 6.07. The first-order valence-corrected chi connectivity index (χ1v) is 7.72. The normalized spacial score (nSPS) is 24.0. The first-order chi connectivity index (χ1) is 9.73. The molecule has 112 valence electrons. The number of anilines is 1. The molecule has 0 atom stereocenters. The highest BCUT2D eigenvalue weighted by Crippen LogP contribution is 2.36. The van der Waals surface area contributed by atoms with Crippen molar-refractivity contribution < 1.29 is 4.52 Å². The van der Waals surface area contributed by atoms with Crippen LogP contribution in [0.15, 0.2) is 4.52 Å². The summed E-state index contributed by atoms with van der Waals surface area (Å²) in [5.74, 6) is 1.62. The van der Waals surface area contributed by atoms with Gasteiger partial charge >= 0.3 is 0 Å². The number of nitrogens with zero attached hydrogens (tertiary/aromatic N) is 4. The lowest BCUT2D eigenvalue weighted by molar-refractivity contribution is 0.216. The van der Waals surface area contributed by atoms with Gasteiger partial charge in [0.15, 0.2) is 0 Å². The molecule has 1 aromatic heterocycles. The van der Waals surface area contributed by atoms with Crippen LogP contribution in [0.3, 0.4) is 0 Å². The Bertz CT molecular complexity index is 433. The van der Waals surface area contributed by atoms with E-state index >= 15 is 0 Å². The van der Waals surface area contributed by atoms with Crippen LogP contribution < -0.4 is 10.2 Å². The maximum absolute atomic E-state index is 5.63. The van der Waals surface area contributed by atoms with E-state index in [1.165, 1.54) is 0 Å². The topological polar surface area (TPSA) is 57.4 Å². The van der Waals surface area contributed by atoms with Crippen LogP contribution in [0.4, 0.5) is 5.95 Å². The van der Waals surface area contributed by atoms with E-state index in [-0.39, 0.29) is 5.41 Å². The number of rotatable bonds is 3. The summed E-state index contributed by atoms with van der Waals surface area (Å²) in [6.07, 6.45) is 3.25. The Morgan fingerprint density at radius 1 is 1.20 bits per heavy atom. The molecule has 0 aliphatic carbocycles. The summed E-state index contributed by atoms with van der Waals surface area (Å²) >= 11 is 0. The molecule has 0 unspecified atom stereocenters. The number of hydrogen-bond acceptors (Lipinski definition) is 6. The third-order valence-electron chi connectivity index (χ3n) is 4.89. The van der Waals surface area contributed by atoms with E-state index in [9.17, 15) is 0 Å². The molecular formula is C14H25N5O. The Morgan fingerprint density at radius 3 is 2.55 bits per heavy atom. The van der Waals surface area contributed by atoms with Crippen molar-refractivity contribution in [3.05, 3.63) is 5.89 Å². The number of likely N-dealkylation sites (N-methyl/N-ethyl adjacent to an activating group) is 1. The Balaban J connectivity index is 1.75. The first-order valence-electron chi connectivity index (χ1n) is 7.72. The van der Waals surface area contributed by atoms with Crippen LogP contribution in [-0.4, -0.2) is 61.4 Å². The molecule has 20 heavy (non-hydrogen) atoms. The van der Waals surface area contributed by atoms with Gasteiger partial charge in [-0.25, -0.2) is 0 Å². The summed E-state index contributed by atoms with van der Waals surface area (Å²) in [5, 5.41) is 7.65. The van der Waals surface area contributed by atoms with Crippen molar-refractivity contribution in [2.24, 2.45) is 0 Å². The highest BCUT2D eigenvalue weighted by atomic mass is 16.5. The van der Waals surface area contributed by atoms with Crippen molar-refractivity contribution >= 4 is 5.95 Å². The van der Waals surface area contributed by atoms with E-state index in [2.05, 4.69) is 34.2 Å². The minimum absolute atomic E-state index is 0.0864. The second kappa shape index (κ2) is 5.69. The third kappa shape index (κ3) is 2.54. The van der Waals surface area contributed by atoms with Gasteiger partial charge in [-0.3, -0.25) is 0 Å². The lowest BCUT2D eigenvalue weighted by atomic mass is 9.76. The Morgan fingerprint density at radius 2 is 1.90 bits per heavy atom. The quantitative estimate of drug-likeness (QED) is 0.885. The van der Waals surface area contributed by atoms with Crippen LogP contribution in [0.1, 0.15) is 32.1 Å². The highest BCUT2D eigenvalue weighted by molar-refractivity contribution is 5.30. The van der Waals surface area contributed by atoms with Crippen molar-refractivity contribution in [1.82, 2.24) is 20.4 Å². The van der Waals surface area contributed by atoms with E-state index in [4.69, 9.17) is 9.51 Å². The number of hydrogen-bond donors (Lipinski definition) is 1. The first kappa shape index (κ1) is 13.8. The largest absolute Gasteiger partial charge is 0.337 e. The van der Waals surface area contributed by atoms with Crippen LogP contribution in [0.2, 0.25) is 0 Å². The number of nitrogens with one attached hydrogen (secondary N) is 1. The van der Waals surface area contributed by atoms with Crippen LogP contribution in [-0.2, 0) is 5.41 Å². The van der Waals surface area contributed by atoms with E-state index in [1.807, 2.05) is 0 Å². The average Bonchev–Trinajstić information content (AvgIpc) is 2.99. The molecule has 6 heteroatoms. The fourth-order valence-corrected chi connectivity index (χ4v) is 3.19. The van der Waals surface area contributed by atoms with Gasteiger partial charge in [0.2, 0.25) is 5.89 Å². The predicted molar refractivity (Wildman–Crippen MR) is 78.1 cm³/mol. The second-order valence-corrected chi connectivity index (χ2v) is 6.07. The molecule has 0 amide bonds. The van der Waals surface area contributed by atoms with Crippen molar-refractivity contribution in [2.45, 2.75) is 31.6 Å². The van der Waals surface area contributed by atoms with Gasteiger partial charge in [-0.1, -0.05) is 6.92 Å². The molecule has 1 aromatic rings. The van der Waals surface area contributed by atoms with Crippen molar-refractivity contribution in [3.8, 4) is 0 Å². The predicted octanol–water partition coefficient (Wildman–Crippen LogP) is 0.853. The molecule has 3 heterocycles. The SMILES string of the molecule is CCC1(c2nc(N3CCN(C)CC3)no2)CCNCC1. The molecule has 2 fully saturated rings. The van der Waals surface area contributed by atoms with E-state index < -0.39 is 0 Å². The van der Waals surface area contributed by atoms with Gasteiger partial charge < -0.3 is 19.6 Å². The lowest BCUT2D eigenvalue weighted by Gasteiger charge is -2.33. The zero-order valence-corrected chi connectivity index (χ0v) is 12.6. The average molecular weight is 279 g/mol. The van der Waals surface area contributed by atoms with Crippen molar-refractivity contribution in [3.63, 3.8) is 0 Å². The standard InChI is InChI=1S/C14H25N5O/c1-3-14(4-6-15-7-5-14)12-16-13(17-20-12)19-10-8-18(2)9-11-19/h15H,3-11H2,1-2H3. The molecule has 6 nitrogen and oxygen atoms in total. The summed E-state index contributed by atoms with van der Waals surface area (Å²) in [6.45, 7) is 8.40. The molecule has 1 N–H and O–H groups in total. The molecule has 0 aromatic carbocycles. The molecule has 2 aliphatic heterocycles. The monoisotopic (exact) mass is 279 g/mol. The fraction of sp³-hybridized carbons (Fsp3) is 0.857. The smallest absolute Gasteiger partial charge is 0.266 e. The molecule has 0 spiro atoms. The van der Waals surface area contributed by atoms with Crippen LogP contribution in [0, 0.1) is 0 Å². The molecule has 3 rings (SSSR count). The molecule has 0 saturated carbocycles. The summed E-state index contributed by atoms with van der Waals surface area (Å²) < 4.78 is 5.63. The van der Waals surface area contributed by atoms with Crippen LogP contribution >= 0.6 is 0 Å². The molecular weight excluding hydrogens is 254 g/mol. The Kier molecular flexibility index (Phi) is 3.94. The zero-order chi connectivity index (χ0) is 14.0. The molecule has 0 radical (unpaired) electrons. The maximum Gasteiger partial charge on any atom is 0.266 e. The van der Waals surface area contributed by atoms with Crippen LogP contribution in [0.25, 0.3) is 0 Å². The van der Waals surface area contributed by atoms with Gasteiger partial charge in [0.05, 0.1) is 5.41 Å². The summed E-state index contributed by atoms with van der Waals surface area (Å²) in [5.41, 5.74) is 0.0864. The van der Waals surface area contributed by atoms with Crippen molar-refractivity contribution in [2.75, 3.05) is 51.2 Å². The third-order valence-corrected chi connectivity index (χ3v) is 4.89. The Labute approximate surface area is 120 Å². The van der Waals surface area contributed by atoms with Crippen molar-refractivity contribution in [1.29, 1.82) is 0 Å².